The maximum atomic E-state index is 11.6. The molecule has 0 amide bonds. The Kier molecular flexibility index (Phi) is 12.5. The van der Waals surface area contributed by atoms with Crippen molar-refractivity contribution in [1.29, 1.82) is 0 Å². The van der Waals surface area contributed by atoms with E-state index in [1.165, 1.54) is 25.7 Å². The molecule has 1 saturated carbocycles. The Morgan fingerprint density at radius 1 is 1.12 bits per heavy atom. The van der Waals surface area contributed by atoms with Crippen LogP contribution in [0.15, 0.2) is 4.99 Å². The summed E-state index contributed by atoms with van der Waals surface area (Å²) in [6, 6.07) is 0.593. The maximum Gasteiger partial charge on any atom is 0.306 e. The van der Waals surface area contributed by atoms with E-state index in [2.05, 4.69) is 15.6 Å². The Bertz CT molecular complexity index is 375. The van der Waals surface area contributed by atoms with Gasteiger partial charge in [0.15, 0.2) is 5.96 Å². The minimum Gasteiger partial charge on any atom is -0.460 e. The summed E-state index contributed by atoms with van der Waals surface area (Å²) in [7, 11) is 1.82. The van der Waals surface area contributed by atoms with E-state index < -0.39 is 0 Å². The molecular weight excluding hydrogens is 417 g/mol. The summed E-state index contributed by atoms with van der Waals surface area (Å²) >= 11 is 0. The highest BCUT2D eigenvalue weighted by molar-refractivity contribution is 14.0. The van der Waals surface area contributed by atoms with Crippen LogP contribution in [0.5, 0.6) is 0 Å². The van der Waals surface area contributed by atoms with Crippen molar-refractivity contribution in [2.75, 3.05) is 13.6 Å². The van der Waals surface area contributed by atoms with Crippen molar-refractivity contribution >= 4 is 35.9 Å². The monoisotopic (exact) mass is 453 g/mol. The molecule has 1 aliphatic rings. The fourth-order valence-corrected chi connectivity index (χ4v) is 2.81. The number of unbranched alkanes of at least 4 members (excludes halogenated alkanes) is 3. The van der Waals surface area contributed by atoms with Crippen LogP contribution >= 0.6 is 24.0 Å². The van der Waals surface area contributed by atoms with Gasteiger partial charge in [0.1, 0.15) is 5.60 Å². The van der Waals surface area contributed by atoms with E-state index in [1.54, 1.807) is 0 Å². The summed E-state index contributed by atoms with van der Waals surface area (Å²) in [6.45, 7) is 6.65. The van der Waals surface area contributed by atoms with Crippen molar-refractivity contribution < 1.29 is 9.53 Å². The number of aliphatic imine (C=N–C) groups is 1. The molecule has 1 rings (SSSR count). The van der Waals surface area contributed by atoms with Crippen molar-refractivity contribution in [2.45, 2.75) is 90.2 Å². The molecule has 0 unspecified atom stereocenters. The number of nitrogens with one attached hydrogen (secondary N) is 2. The van der Waals surface area contributed by atoms with E-state index in [0.717, 1.165) is 38.2 Å². The van der Waals surface area contributed by atoms with Crippen LogP contribution in [0.1, 0.15) is 78.6 Å². The van der Waals surface area contributed by atoms with E-state index in [4.69, 9.17) is 4.74 Å². The van der Waals surface area contributed by atoms with Crippen LogP contribution in [-0.4, -0.2) is 37.2 Å². The third-order valence-electron chi connectivity index (χ3n) is 3.94. The number of carbonyl (C=O) groups is 1. The van der Waals surface area contributed by atoms with E-state index in [9.17, 15) is 4.79 Å². The average Bonchev–Trinajstić information content (AvgIpc) is 2.96. The van der Waals surface area contributed by atoms with E-state index in [0.29, 0.717) is 12.5 Å². The molecule has 0 spiro atoms. The van der Waals surface area contributed by atoms with Gasteiger partial charge in [-0.25, -0.2) is 0 Å². The molecule has 0 saturated heterocycles. The number of carbonyl (C=O) groups excluding carboxylic acids is 1. The van der Waals surface area contributed by atoms with Crippen LogP contribution in [0.25, 0.3) is 0 Å². The number of hydrogen-bond acceptors (Lipinski definition) is 3. The molecule has 1 aliphatic carbocycles. The lowest BCUT2D eigenvalue weighted by Crippen LogP contribution is -2.42. The molecule has 5 nitrogen and oxygen atoms in total. The molecule has 0 bridgehead atoms. The number of rotatable bonds is 8. The number of nitrogens with zero attached hydrogens (tertiary/aromatic N) is 1. The third-order valence-corrected chi connectivity index (χ3v) is 3.94. The minimum absolute atomic E-state index is 0. The molecule has 0 aromatic carbocycles. The molecule has 2 N–H and O–H groups in total. The van der Waals surface area contributed by atoms with E-state index in [1.807, 2.05) is 27.8 Å². The largest absolute Gasteiger partial charge is 0.460 e. The van der Waals surface area contributed by atoms with Crippen molar-refractivity contribution in [1.82, 2.24) is 10.6 Å². The molecule has 0 atom stereocenters. The number of guanidine groups is 1. The Hall–Kier alpha value is -0.530. The molecule has 0 aromatic rings. The second-order valence-electron chi connectivity index (χ2n) is 7.38. The zero-order chi connectivity index (χ0) is 17.1. The SMILES string of the molecule is CN=C(NCCCCCCC(=O)OC(C)(C)C)NC1CCCC1.I. The highest BCUT2D eigenvalue weighted by Crippen LogP contribution is 2.17. The van der Waals surface area contributed by atoms with Crippen LogP contribution in [0.2, 0.25) is 0 Å². The Labute approximate surface area is 164 Å². The van der Waals surface area contributed by atoms with Gasteiger partial charge in [0.25, 0.3) is 0 Å². The summed E-state index contributed by atoms with van der Waals surface area (Å²) in [5.74, 6) is 0.836. The van der Waals surface area contributed by atoms with Crippen LogP contribution in [0.4, 0.5) is 0 Å². The lowest BCUT2D eigenvalue weighted by Gasteiger charge is -2.19. The first-order chi connectivity index (χ1) is 10.9. The van der Waals surface area contributed by atoms with Crippen molar-refractivity contribution in [2.24, 2.45) is 4.99 Å². The summed E-state index contributed by atoms with van der Waals surface area (Å²) in [4.78, 5) is 15.9. The maximum absolute atomic E-state index is 11.6. The molecule has 0 aromatic heterocycles. The Morgan fingerprint density at radius 3 is 2.33 bits per heavy atom. The van der Waals surface area contributed by atoms with Gasteiger partial charge < -0.3 is 15.4 Å². The second-order valence-corrected chi connectivity index (χ2v) is 7.38. The van der Waals surface area contributed by atoms with Gasteiger partial charge in [-0.1, -0.05) is 25.7 Å². The Morgan fingerprint density at radius 2 is 1.75 bits per heavy atom. The number of hydrogen-bond donors (Lipinski definition) is 2. The first-order valence-corrected chi connectivity index (χ1v) is 9.10. The van der Waals surface area contributed by atoms with Gasteiger partial charge in [-0.2, -0.15) is 0 Å². The molecule has 142 valence electrons. The van der Waals surface area contributed by atoms with Crippen molar-refractivity contribution in [3.63, 3.8) is 0 Å². The summed E-state index contributed by atoms with van der Waals surface area (Å²) < 4.78 is 5.30. The standard InChI is InChI=1S/C18H35N3O2.HI/c1-18(2,3)23-16(22)13-7-5-6-10-14-20-17(19-4)21-15-11-8-9-12-15;/h15H,5-14H2,1-4H3,(H2,19,20,21);1H. The topological polar surface area (TPSA) is 62.7 Å². The highest BCUT2D eigenvalue weighted by atomic mass is 127. The van der Waals surface area contributed by atoms with Gasteiger partial charge in [0.2, 0.25) is 0 Å². The minimum atomic E-state index is -0.372. The van der Waals surface area contributed by atoms with Crippen molar-refractivity contribution in [3.8, 4) is 0 Å². The van der Waals surface area contributed by atoms with Gasteiger partial charge in [-0.05, 0) is 46.5 Å². The summed E-state index contributed by atoms with van der Waals surface area (Å²) in [5.41, 5.74) is -0.372. The van der Waals surface area contributed by atoms with Crippen LogP contribution < -0.4 is 10.6 Å². The molecule has 0 heterocycles. The summed E-state index contributed by atoms with van der Waals surface area (Å²) in [6.07, 6.45) is 9.88. The predicted octanol–water partition coefficient (Wildman–Crippen LogP) is 4.00. The average molecular weight is 453 g/mol. The molecule has 1 fully saturated rings. The number of esters is 1. The van der Waals surface area contributed by atoms with E-state index >= 15 is 0 Å². The molecule has 0 aliphatic heterocycles. The highest BCUT2D eigenvalue weighted by Gasteiger charge is 2.16. The van der Waals surface area contributed by atoms with E-state index in [-0.39, 0.29) is 35.5 Å². The van der Waals surface area contributed by atoms with Crippen LogP contribution in [-0.2, 0) is 9.53 Å². The van der Waals surface area contributed by atoms with Crippen molar-refractivity contribution in [3.05, 3.63) is 0 Å². The summed E-state index contributed by atoms with van der Waals surface area (Å²) in [5, 5.41) is 6.86. The van der Waals surface area contributed by atoms with Crippen LogP contribution in [0.3, 0.4) is 0 Å². The van der Waals surface area contributed by atoms with Gasteiger partial charge in [-0.15, -0.1) is 24.0 Å². The lowest BCUT2D eigenvalue weighted by atomic mass is 10.1. The fraction of sp³-hybridized carbons (Fsp3) is 0.889. The fourth-order valence-electron chi connectivity index (χ4n) is 2.81. The predicted molar refractivity (Wildman–Crippen MR) is 111 cm³/mol. The van der Waals surface area contributed by atoms with Gasteiger partial charge in [0.05, 0.1) is 0 Å². The zero-order valence-electron chi connectivity index (χ0n) is 15.8. The molecule has 24 heavy (non-hydrogen) atoms. The first kappa shape index (κ1) is 23.5. The lowest BCUT2D eigenvalue weighted by molar-refractivity contribution is -0.154. The second kappa shape index (κ2) is 12.8. The Balaban J connectivity index is 0.00000529. The van der Waals surface area contributed by atoms with Gasteiger partial charge in [0, 0.05) is 26.1 Å². The van der Waals surface area contributed by atoms with Gasteiger partial charge >= 0.3 is 5.97 Å². The molecule has 6 heteroatoms. The smallest absolute Gasteiger partial charge is 0.306 e. The molecule has 0 radical (unpaired) electrons. The normalized spacial score (nSPS) is 15.8. The number of halogens is 1. The molecular formula is C18H36IN3O2. The number of ether oxygens (including phenoxy) is 1. The zero-order valence-corrected chi connectivity index (χ0v) is 18.2. The van der Waals surface area contributed by atoms with Gasteiger partial charge in [-0.3, -0.25) is 9.79 Å². The van der Waals surface area contributed by atoms with Crippen LogP contribution in [0, 0.1) is 0 Å². The third kappa shape index (κ3) is 11.9. The quantitative estimate of drug-likeness (QED) is 0.192. The first-order valence-electron chi connectivity index (χ1n) is 9.10.